The highest BCUT2D eigenvalue weighted by molar-refractivity contribution is 5.54. The Morgan fingerprint density at radius 3 is 2.43 bits per heavy atom. The van der Waals surface area contributed by atoms with E-state index in [2.05, 4.69) is 27.7 Å². The van der Waals surface area contributed by atoms with E-state index in [4.69, 9.17) is 0 Å². The van der Waals surface area contributed by atoms with Crippen molar-refractivity contribution >= 4 is 6.29 Å². The van der Waals surface area contributed by atoms with E-state index in [0.29, 0.717) is 22.7 Å². The van der Waals surface area contributed by atoms with E-state index in [1.807, 2.05) is 0 Å². The fourth-order valence-electron chi connectivity index (χ4n) is 6.52. The van der Waals surface area contributed by atoms with Gasteiger partial charge < -0.3 is 4.79 Å². The van der Waals surface area contributed by atoms with Gasteiger partial charge in [-0.15, -0.1) is 0 Å². The van der Waals surface area contributed by atoms with Crippen LogP contribution in [0, 0.1) is 40.4 Å². The molecule has 3 aliphatic carbocycles. The van der Waals surface area contributed by atoms with Crippen LogP contribution in [0.15, 0.2) is 0 Å². The molecule has 120 valence electrons. The minimum atomic E-state index is 0.343. The maximum absolute atomic E-state index is 11.6. The number of rotatable bonds is 1. The first-order valence-corrected chi connectivity index (χ1v) is 9.34. The summed E-state index contributed by atoms with van der Waals surface area (Å²) in [4.78, 5) is 11.6. The SMILES string of the molecule is C[C@@H]1CC[C@H]2C[C@@H]3[C@H](C=O)CCC[C@@]3(C)CC[C@@H]1C2(C)C. The Kier molecular flexibility index (Phi) is 3.99. The van der Waals surface area contributed by atoms with E-state index in [1.165, 1.54) is 51.2 Å². The second-order valence-electron chi connectivity index (χ2n) is 9.41. The lowest BCUT2D eigenvalue weighted by molar-refractivity contribution is -0.121. The van der Waals surface area contributed by atoms with Crippen molar-refractivity contribution in [1.29, 1.82) is 0 Å². The summed E-state index contributed by atoms with van der Waals surface area (Å²) in [6.07, 6.45) is 11.9. The molecule has 0 unspecified atom stereocenters. The lowest BCUT2D eigenvalue weighted by Gasteiger charge is -2.56. The number of carbonyl (C=O) groups is 1. The van der Waals surface area contributed by atoms with Crippen LogP contribution in [0.5, 0.6) is 0 Å². The molecule has 1 nitrogen and oxygen atoms in total. The number of carbonyl (C=O) groups excluding carboxylic acids is 1. The van der Waals surface area contributed by atoms with Crippen molar-refractivity contribution in [3.05, 3.63) is 0 Å². The van der Waals surface area contributed by atoms with Gasteiger partial charge in [-0.05, 0) is 73.0 Å². The third-order valence-corrected chi connectivity index (χ3v) is 8.10. The highest BCUT2D eigenvalue weighted by Gasteiger charge is 2.51. The van der Waals surface area contributed by atoms with E-state index in [0.717, 1.165) is 24.2 Å². The summed E-state index contributed by atoms with van der Waals surface area (Å²) in [5.41, 5.74) is 0.914. The van der Waals surface area contributed by atoms with Crippen LogP contribution in [-0.2, 0) is 4.79 Å². The Balaban J connectivity index is 1.92. The normalized spacial score (nSPS) is 49.6. The van der Waals surface area contributed by atoms with Gasteiger partial charge in [0.25, 0.3) is 0 Å². The maximum Gasteiger partial charge on any atom is 0.123 e. The minimum Gasteiger partial charge on any atom is -0.303 e. The third kappa shape index (κ3) is 2.49. The third-order valence-electron chi connectivity index (χ3n) is 8.10. The maximum atomic E-state index is 11.6. The van der Waals surface area contributed by atoms with Crippen LogP contribution in [0.25, 0.3) is 0 Å². The molecule has 21 heavy (non-hydrogen) atoms. The summed E-state index contributed by atoms with van der Waals surface area (Å²) in [6, 6.07) is 0. The zero-order chi connectivity index (χ0) is 15.3. The van der Waals surface area contributed by atoms with E-state index in [-0.39, 0.29) is 0 Å². The summed E-state index contributed by atoms with van der Waals surface area (Å²) in [5, 5.41) is 0. The Morgan fingerprint density at radius 1 is 0.952 bits per heavy atom. The molecule has 3 saturated carbocycles. The fraction of sp³-hybridized carbons (Fsp3) is 0.950. The van der Waals surface area contributed by atoms with Crippen LogP contribution >= 0.6 is 0 Å². The smallest absolute Gasteiger partial charge is 0.123 e. The van der Waals surface area contributed by atoms with E-state index in [9.17, 15) is 4.79 Å². The van der Waals surface area contributed by atoms with E-state index >= 15 is 0 Å². The van der Waals surface area contributed by atoms with Crippen LogP contribution in [0.3, 0.4) is 0 Å². The topological polar surface area (TPSA) is 17.1 Å². The molecule has 0 aliphatic heterocycles. The van der Waals surface area contributed by atoms with Crippen LogP contribution < -0.4 is 0 Å². The molecule has 0 aromatic carbocycles. The molecule has 6 atom stereocenters. The Morgan fingerprint density at radius 2 is 1.71 bits per heavy atom. The van der Waals surface area contributed by atoms with Crippen molar-refractivity contribution in [3.63, 3.8) is 0 Å². The summed E-state index contributed by atoms with van der Waals surface area (Å²) in [6.45, 7) is 10.0. The van der Waals surface area contributed by atoms with E-state index < -0.39 is 0 Å². The average molecular weight is 290 g/mol. The molecule has 0 saturated heterocycles. The predicted molar refractivity (Wildman–Crippen MR) is 88.0 cm³/mol. The van der Waals surface area contributed by atoms with Crippen molar-refractivity contribution in [2.24, 2.45) is 40.4 Å². The van der Waals surface area contributed by atoms with Gasteiger partial charge in [-0.3, -0.25) is 0 Å². The summed E-state index contributed by atoms with van der Waals surface area (Å²) in [5.74, 6) is 3.62. The fourth-order valence-corrected chi connectivity index (χ4v) is 6.52. The first-order chi connectivity index (χ1) is 9.88. The van der Waals surface area contributed by atoms with Gasteiger partial charge in [0.2, 0.25) is 0 Å². The number of fused-ring (bicyclic) bond motifs is 3. The molecule has 0 heterocycles. The number of aldehydes is 1. The van der Waals surface area contributed by atoms with Crippen molar-refractivity contribution in [1.82, 2.24) is 0 Å². The van der Waals surface area contributed by atoms with Crippen molar-refractivity contribution in [2.45, 2.75) is 79.1 Å². The van der Waals surface area contributed by atoms with Gasteiger partial charge in [0.15, 0.2) is 0 Å². The lowest BCUT2D eigenvalue weighted by Crippen LogP contribution is -2.48. The molecule has 2 bridgehead atoms. The van der Waals surface area contributed by atoms with Gasteiger partial charge in [-0.2, -0.15) is 0 Å². The second-order valence-corrected chi connectivity index (χ2v) is 9.41. The van der Waals surface area contributed by atoms with Crippen LogP contribution in [-0.4, -0.2) is 6.29 Å². The Bertz CT molecular complexity index is 399. The quantitative estimate of drug-likeness (QED) is 0.584. The molecule has 3 aliphatic rings. The average Bonchev–Trinajstić information content (AvgIpc) is 2.42. The molecule has 3 rings (SSSR count). The molecule has 0 aromatic rings. The predicted octanol–water partition coefficient (Wildman–Crippen LogP) is 5.48. The molecule has 0 spiro atoms. The highest BCUT2D eigenvalue weighted by Crippen LogP contribution is 2.59. The summed E-state index contributed by atoms with van der Waals surface area (Å²) >= 11 is 0. The molecule has 1 heteroatoms. The first-order valence-electron chi connectivity index (χ1n) is 9.34. The molecule has 0 amide bonds. The van der Waals surface area contributed by atoms with E-state index in [1.54, 1.807) is 0 Å². The standard InChI is InChI=1S/C20H34O/c1-14-7-8-16-12-18-15(13-21)6-5-10-20(18,4)11-9-17(14)19(16,2)3/h13-18H,5-12H2,1-4H3/t14-,15+,16+,17+,18-,20+/m1/s1. The Labute approximate surface area is 131 Å². The number of hydrogen-bond donors (Lipinski definition) is 0. The molecule has 0 aromatic heterocycles. The monoisotopic (exact) mass is 290 g/mol. The van der Waals surface area contributed by atoms with Crippen molar-refractivity contribution in [2.75, 3.05) is 0 Å². The molecule has 3 fully saturated rings. The van der Waals surface area contributed by atoms with Crippen molar-refractivity contribution in [3.8, 4) is 0 Å². The van der Waals surface area contributed by atoms with Crippen LogP contribution in [0.1, 0.15) is 79.1 Å². The lowest BCUT2D eigenvalue weighted by atomic mass is 9.48. The first kappa shape index (κ1) is 15.6. The van der Waals surface area contributed by atoms with Crippen molar-refractivity contribution < 1.29 is 4.79 Å². The zero-order valence-electron chi connectivity index (χ0n) is 14.5. The van der Waals surface area contributed by atoms with Gasteiger partial charge >= 0.3 is 0 Å². The number of hydrogen-bond acceptors (Lipinski definition) is 1. The van der Waals surface area contributed by atoms with Gasteiger partial charge in [0, 0.05) is 5.92 Å². The van der Waals surface area contributed by atoms with Gasteiger partial charge in [-0.25, -0.2) is 0 Å². The Hall–Kier alpha value is -0.330. The zero-order valence-corrected chi connectivity index (χ0v) is 14.5. The largest absolute Gasteiger partial charge is 0.303 e. The highest BCUT2D eigenvalue weighted by atomic mass is 16.1. The molecular formula is C20H34O. The molecule has 0 radical (unpaired) electrons. The van der Waals surface area contributed by atoms with Gasteiger partial charge in [-0.1, -0.05) is 40.5 Å². The summed E-state index contributed by atoms with van der Waals surface area (Å²) in [7, 11) is 0. The van der Waals surface area contributed by atoms with Crippen LogP contribution in [0.2, 0.25) is 0 Å². The minimum absolute atomic E-state index is 0.343. The van der Waals surface area contributed by atoms with Crippen LogP contribution in [0.4, 0.5) is 0 Å². The molecule has 0 N–H and O–H groups in total. The van der Waals surface area contributed by atoms with Gasteiger partial charge in [0.1, 0.15) is 6.29 Å². The second kappa shape index (κ2) is 5.39. The molecular weight excluding hydrogens is 256 g/mol. The van der Waals surface area contributed by atoms with Gasteiger partial charge in [0.05, 0.1) is 0 Å². The summed E-state index contributed by atoms with van der Waals surface area (Å²) < 4.78 is 0.